The molecule has 4 rings (SSSR count). The minimum Gasteiger partial charge on any atom is -0.352 e. The number of nitrogens with one attached hydrogen (secondary N) is 2. The first-order valence-electron chi connectivity index (χ1n) is 9.27. The Hall–Kier alpha value is -2.86. The summed E-state index contributed by atoms with van der Waals surface area (Å²) in [4.78, 5) is 33.8. The smallest absolute Gasteiger partial charge is 0.231 e. The van der Waals surface area contributed by atoms with Crippen molar-refractivity contribution in [3.63, 3.8) is 0 Å². The lowest BCUT2D eigenvalue weighted by Gasteiger charge is -2.45. The number of fused-ring (bicyclic) bond motifs is 1. The first kappa shape index (κ1) is 17.5. The molecule has 2 aliphatic heterocycles. The summed E-state index contributed by atoms with van der Waals surface area (Å²) in [5.41, 5.74) is 1.77. The van der Waals surface area contributed by atoms with Crippen LogP contribution in [-0.2, 0) is 9.59 Å². The standard InChI is InChI=1S/C21H22N4O2/c26-18(7-6-14-10-23-13-24-11-14)20-19(15-4-2-1-3-5-15)16-12-22-9-8-17(16)25-21(20)27/h1-7,10-11,13,16-17,19-20,22H,8-9,12H2,(H,25,27)/b7-6+. The van der Waals surface area contributed by atoms with Crippen molar-refractivity contribution >= 4 is 17.8 Å². The van der Waals surface area contributed by atoms with E-state index in [0.29, 0.717) is 0 Å². The predicted molar refractivity (Wildman–Crippen MR) is 102 cm³/mol. The lowest BCUT2D eigenvalue weighted by molar-refractivity contribution is -0.137. The van der Waals surface area contributed by atoms with Crippen LogP contribution < -0.4 is 10.6 Å². The topological polar surface area (TPSA) is 84.0 Å². The van der Waals surface area contributed by atoms with Crippen LogP contribution in [0.1, 0.15) is 23.5 Å². The Labute approximate surface area is 158 Å². The summed E-state index contributed by atoms with van der Waals surface area (Å²) < 4.78 is 0. The van der Waals surface area contributed by atoms with E-state index in [1.165, 1.54) is 12.4 Å². The zero-order valence-electron chi connectivity index (χ0n) is 14.9. The number of rotatable bonds is 4. The van der Waals surface area contributed by atoms with E-state index in [9.17, 15) is 9.59 Å². The number of amides is 1. The van der Waals surface area contributed by atoms with Crippen LogP contribution in [0, 0.1) is 11.8 Å². The van der Waals surface area contributed by atoms with Crippen LogP contribution in [0.3, 0.4) is 0 Å². The van der Waals surface area contributed by atoms with Crippen LogP contribution in [0.25, 0.3) is 6.08 Å². The first-order valence-corrected chi connectivity index (χ1v) is 9.27. The van der Waals surface area contributed by atoms with Crippen LogP contribution in [0.2, 0.25) is 0 Å². The van der Waals surface area contributed by atoms with Crippen LogP contribution in [0.4, 0.5) is 0 Å². The highest BCUT2D eigenvalue weighted by Crippen LogP contribution is 2.40. The van der Waals surface area contributed by atoms with Crippen molar-refractivity contribution < 1.29 is 9.59 Å². The molecule has 2 fully saturated rings. The maximum absolute atomic E-state index is 13.0. The molecular formula is C21H22N4O2. The third kappa shape index (κ3) is 3.66. The molecule has 0 radical (unpaired) electrons. The van der Waals surface area contributed by atoms with Crippen LogP contribution >= 0.6 is 0 Å². The molecule has 2 saturated heterocycles. The van der Waals surface area contributed by atoms with E-state index in [0.717, 1.165) is 30.6 Å². The highest BCUT2D eigenvalue weighted by Gasteiger charge is 2.47. The van der Waals surface area contributed by atoms with Crippen molar-refractivity contribution in [2.45, 2.75) is 18.4 Å². The molecule has 3 heterocycles. The molecule has 1 aromatic heterocycles. The minimum atomic E-state index is -0.727. The zero-order valence-corrected chi connectivity index (χ0v) is 14.9. The van der Waals surface area contributed by atoms with E-state index in [4.69, 9.17) is 0 Å². The fourth-order valence-corrected chi connectivity index (χ4v) is 4.22. The predicted octanol–water partition coefficient (Wildman–Crippen LogP) is 1.57. The summed E-state index contributed by atoms with van der Waals surface area (Å²) >= 11 is 0. The molecule has 0 spiro atoms. The van der Waals surface area contributed by atoms with Crippen molar-refractivity contribution in [1.82, 2.24) is 20.6 Å². The Morgan fingerprint density at radius 1 is 1.15 bits per heavy atom. The molecule has 6 heteroatoms. The number of ketones is 1. The third-order valence-electron chi connectivity index (χ3n) is 5.47. The zero-order chi connectivity index (χ0) is 18.6. The van der Waals surface area contributed by atoms with Gasteiger partial charge in [-0.05, 0) is 36.6 Å². The number of piperidine rings is 2. The van der Waals surface area contributed by atoms with Gasteiger partial charge in [-0.25, -0.2) is 9.97 Å². The van der Waals surface area contributed by atoms with Gasteiger partial charge in [0, 0.05) is 36.5 Å². The Balaban J connectivity index is 1.66. The van der Waals surface area contributed by atoms with E-state index >= 15 is 0 Å². The van der Waals surface area contributed by atoms with Gasteiger partial charge in [-0.1, -0.05) is 30.3 Å². The maximum Gasteiger partial charge on any atom is 0.231 e. The van der Waals surface area contributed by atoms with Crippen molar-refractivity contribution in [2.75, 3.05) is 13.1 Å². The summed E-state index contributed by atoms with van der Waals surface area (Å²) in [5.74, 6) is -1.03. The monoisotopic (exact) mass is 362 g/mol. The van der Waals surface area contributed by atoms with Gasteiger partial charge < -0.3 is 10.6 Å². The van der Waals surface area contributed by atoms with Gasteiger partial charge in [-0.15, -0.1) is 0 Å². The van der Waals surface area contributed by atoms with Crippen molar-refractivity contribution in [3.8, 4) is 0 Å². The Kier molecular flexibility index (Phi) is 5.07. The SMILES string of the molecule is O=C(/C=C/c1cncnc1)C1C(=O)NC2CCNCC2C1c1ccccc1. The first-order chi connectivity index (χ1) is 13.2. The number of benzene rings is 1. The molecule has 0 aliphatic carbocycles. The van der Waals surface area contributed by atoms with Gasteiger partial charge in [0.25, 0.3) is 0 Å². The summed E-state index contributed by atoms with van der Waals surface area (Å²) in [6, 6.07) is 10.0. The molecule has 2 aliphatic rings. The van der Waals surface area contributed by atoms with Gasteiger partial charge in [0.1, 0.15) is 12.2 Å². The molecule has 1 amide bonds. The second kappa shape index (κ2) is 7.80. The Bertz CT molecular complexity index is 838. The Morgan fingerprint density at radius 3 is 2.70 bits per heavy atom. The molecule has 2 N–H and O–H groups in total. The number of carbonyl (C=O) groups is 2. The van der Waals surface area contributed by atoms with Gasteiger partial charge in [-0.3, -0.25) is 9.59 Å². The molecule has 6 nitrogen and oxygen atoms in total. The van der Waals surface area contributed by atoms with E-state index in [1.807, 2.05) is 30.3 Å². The number of nitrogens with zero attached hydrogens (tertiary/aromatic N) is 2. The van der Waals surface area contributed by atoms with Crippen LogP contribution in [0.15, 0.2) is 55.1 Å². The lowest BCUT2D eigenvalue weighted by atomic mass is 9.67. The molecule has 27 heavy (non-hydrogen) atoms. The highest BCUT2D eigenvalue weighted by molar-refractivity contribution is 6.09. The number of aromatic nitrogens is 2. The van der Waals surface area contributed by atoms with Crippen molar-refractivity contribution in [2.24, 2.45) is 11.8 Å². The van der Waals surface area contributed by atoms with E-state index in [1.54, 1.807) is 18.5 Å². The largest absolute Gasteiger partial charge is 0.352 e. The molecular weight excluding hydrogens is 340 g/mol. The van der Waals surface area contributed by atoms with Gasteiger partial charge >= 0.3 is 0 Å². The number of hydrogen-bond acceptors (Lipinski definition) is 5. The summed E-state index contributed by atoms with van der Waals surface area (Å²) in [6.45, 7) is 1.68. The van der Waals surface area contributed by atoms with Gasteiger partial charge in [0.2, 0.25) is 5.91 Å². The fourth-order valence-electron chi connectivity index (χ4n) is 4.22. The molecule has 138 valence electrons. The van der Waals surface area contributed by atoms with Crippen LogP contribution in [-0.4, -0.2) is 40.8 Å². The van der Waals surface area contributed by atoms with Gasteiger partial charge in [0.05, 0.1) is 0 Å². The second-order valence-corrected chi connectivity index (χ2v) is 7.09. The van der Waals surface area contributed by atoms with Crippen molar-refractivity contribution in [3.05, 3.63) is 66.3 Å². The van der Waals surface area contributed by atoms with Crippen LogP contribution in [0.5, 0.6) is 0 Å². The minimum absolute atomic E-state index is 0.111. The summed E-state index contributed by atoms with van der Waals surface area (Å²) in [5, 5.41) is 6.51. The Morgan fingerprint density at radius 2 is 1.93 bits per heavy atom. The number of carbonyl (C=O) groups excluding carboxylic acids is 2. The third-order valence-corrected chi connectivity index (χ3v) is 5.47. The molecule has 2 aromatic rings. The van der Waals surface area contributed by atoms with E-state index < -0.39 is 5.92 Å². The highest BCUT2D eigenvalue weighted by atomic mass is 16.2. The molecule has 4 atom stereocenters. The summed E-state index contributed by atoms with van der Waals surface area (Å²) in [7, 11) is 0. The number of allylic oxidation sites excluding steroid dienone is 1. The molecule has 0 bridgehead atoms. The molecule has 1 aromatic carbocycles. The lowest BCUT2D eigenvalue weighted by Crippen LogP contribution is -2.60. The summed E-state index contributed by atoms with van der Waals surface area (Å²) in [6.07, 6.45) is 8.74. The second-order valence-electron chi connectivity index (χ2n) is 7.09. The average molecular weight is 362 g/mol. The molecule has 0 saturated carbocycles. The molecule has 4 unspecified atom stereocenters. The maximum atomic E-state index is 13.0. The van der Waals surface area contributed by atoms with Gasteiger partial charge in [0.15, 0.2) is 5.78 Å². The van der Waals surface area contributed by atoms with Crippen molar-refractivity contribution in [1.29, 1.82) is 0 Å². The quantitative estimate of drug-likeness (QED) is 0.637. The van der Waals surface area contributed by atoms with Gasteiger partial charge in [-0.2, -0.15) is 0 Å². The average Bonchev–Trinajstić information content (AvgIpc) is 2.72. The normalized spacial score (nSPS) is 27.8. The number of hydrogen-bond donors (Lipinski definition) is 2. The van der Waals surface area contributed by atoms with E-state index in [-0.39, 0.29) is 29.6 Å². The fraction of sp³-hybridized carbons (Fsp3) is 0.333. The van der Waals surface area contributed by atoms with E-state index in [2.05, 4.69) is 20.6 Å².